The van der Waals surface area contributed by atoms with E-state index in [2.05, 4.69) is 21.2 Å². The van der Waals surface area contributed by atoms with Crippen LogP contribution in [0.1, 0.15) is 37.3 Å². The summed E-state index contributed by atoms with van der Waals surface area (Å²) in [6.45, 7) is 0.937. The molecule has 2 aliphatic heterocycles. The minimum Gasteiger partial charge on any atom is -0.493 e. The van der Waals surface area contributed by atoms with Crippen molar-refractivity contribution in [3.05, 3.63) is 28.2 Å². The van der Waals surface area contributed by atoms with E-state index in [-0.39, 0.29) is 11.9 Å². The van der Waals surface area contributed by atoms with Crippen LogP contribution in [-0.2, 0) is 14.8 Å². The first-order valence-corrected chi connectivity index (χ1v) is 10.7. The van der Waals surface area contributed by atoms with Crippen molar-refractivity contribution in [2.24, 2.45) is 0 Å². The monoisotopic (exact) mass is 416 g/mol. The number of sulfonamides is 1. The molecule has 0 aliphatic carbocycles. The van der Waals surface area contributed by atoms with E-state index in [1.54, 1.807) is 0 Å². The average molecular weight is 417 g/mol. The minimum atomic E-state index is -3.39. The molecule has 2 aliphatic rings. The fourth-order valence-electron chi connectivity index (χ4n) is 3.35. The molecule has 132 valence electrons. The molecule has 2 heterocycles. The molecule has 2 unspecified atom stereocenters. The van der Waals surface area contributed by atoms with Gasteiger partial charge in [-0.25, -0.2) is 8.42 Å². The predicted molar refractivity (Wildman–Crippen MR) is 94.3 cm³/mol. The quantitative estimate of drug-likeness (QED) is 0.819. The van der Waals surface area contributed by atoms with Crippen molar-refractivity contribution in [3.63, 3.8) is 0 Å². The number of amides is 1. The van der Waals surface area contributed by atoms with Gasteiger partial charge in [0.2, 0.25) is 15.9 Å². The number of nitrogens with zero attached hydrogens (tertiary/aromatic N) is 1. The number of benzene rings is 1. The Morgan fingerprint density at radius 3 is 2.88 bits per heavy atom. The molecule has 1 fully saturated rings. The molecule has 1 saturated heterocycles. The molecule has 8 heteroatoms. The lowest BCUT2D eigenvalue weighted by Crippen LogP contribution is -2.52. The molecule has 0 aromatic heterocycles. The van der Waals surface area contributed by atoms with Gasteiger partial charge in [0, 0.05) is 23.0 Å². The van der Waals surface area contributed by atoms with Gasteiger partial charge in [-0.2, -0.15) is 4.31 Å². The van der Waals surface area contributed by atoms with Crippen molar-refractivity contribution >= 4 is 31.9 Å². The fraction of sp³-hybridized carbons (Fsp3) is 0.562. The highest BCUT2D eigenvalue weighted by Gasteiger charge is 2.36. The lowest BCUT2D eigenvalue weighted by Gasteiger charge is -2.34. The first-order valence-electron chi connectivity index (χ1n) is 8.06. The Morgan fingerprint density at radius 2 is 2.12 bits per heavy atom. The zero-order valence-electron chi connectivity index (χ0n) is 13.5. The highest BCUT2D eigenvalue weighted by Crippen LogP contribution is 2.34. The summed E-state index contributed by atoms with van der Waals surface area (Å²) < 4.78 is 31.8. The lowest BCUT2D eigenvalue weighted by molar-refractivity contribution is -0.126. The molecule has 24 heavy (non-hydrogen) atoms. The summed E-state index contributed by atoms with van der Waals surface area (Å²) in [4.78, 5) is 12.7. The van der Waals surface area contributed by atoms with Gasteiger partial charge in [0.15, 0.2) is 0 Å². The molecule has 0 saturated carbocycles. The largest absolute Gasteiger partial charge is 0.493 e. The third-order valence-corrected chi connectivity index (χ3v) is 6.29. The van der Waals surface area contributed by atoms with E-state index in [0.717, 1.165) is 28.6 Å². The second kappa shape index (κ2) is 7.01. The van der Waals surface area contributed by atoms with Gasteiger partial charge in [0.05, 0.1) is 18.9 Å². The van der Waals surface area contributed by atoms with E-state index in [1.807, 2.05) is 18.2 Å². The molecule has 1 aromatic carbocycles. The smallest absolute Gasteiger partial charge is 0.238 e. The maximum absolute atomic E-state index is 12.7. The van der Waals surface area contributed by atoms with Crippen molar-refractivity contribution < 1.29 is 17.9 Å². The van der Waals surface area contributed by atoms with Gasteiger partial charge >= 0.3 is 0 Å². The molecule has 3 rings (SSSR count). The summed E-state index contributed by atoms with van der Waals surface area (Å²) in [6, 6.07) is 4.93. The second-order valence-corrected chi connectivity index (χ2v) is 9.12. The Morgan fingerprint density at radius 1 is 1.33 bits per heavy atom. The van der Waals surface area contributed by atoms with Gasteiger partial charge in [-0.05, 0) is 31.0 Å². The van der Waals surface area contributed by atoms with Crippen LogP contribution in [0.25, 0.3) is 0 Å². The second-order valence-electron chi connectivity index (χ2n) is 6.27. The first-order chi connectivity index (χ1) is 11.4. The van der Waals surface area contributed by atoms with Crippen LogP contribution in [0.2, 0.25) is 0 Å². The zero-order chi connectivity index (χ0) is 17.3. The van der Waals surface area contributed by atoms with Crippen molar-refractivity contribution in [3.8, 4) is 5.75 Å². The molecule has 0 radical (unpaired) electrons. The molecule has 0 bridgehead atoms. The Bertz CT molecular complexity index is 738. The normalized spacial score (nSPS) is 24.8. The van der Waals surface area contributed by atoms with Crippen LogP contribution >= 0.6 is 15.9 Å². The SMILES string of the molecule is CS(=O)(=O)N1CCCCC1C(=O)NC1CCOc2ccc(Br)cc21. The number of carbonyl (C=O) groups excluding carboxylic acids is 1. The Balaban J connectivity index is 1.79. The standard InChI is InChI=1S/C16H21BrN2O4S/c1-24(21,22)19-8-3-2-4-14(19)16(20)18-13-7-9-23-15-6-5-11(17)10-12(13)15/h5-6,10,13-14H,2-4,7-9H2,1H3,(H,18,20). The lowest BCUT2D eigenvalue weighted by atomic mass is 9.99. The van der Waals surface area contributed by atoms with Gasteiger partial charge in [-0.1, -0.05) is 22.4 Å². The summed E-state index contributed by atoms with van der Waals surface area (Å²) in [7, 11) is -3.39. The van der Waals surface area contributed by atoms with Crippen LogP contribution in [0.3, 0.4) is 0 Å². The summed E-state index contributed by atoms with van der Waals surface area (Å²) >= 11 is 3.44. The van der Waals surface area contributed by atoms with Gasteiger partial charge in [-0.3, -0.25) is 4.79 Å². The Kier molecular flexibility index (Phi) is 5.17. The average Bonchev–Trinajstić information content (AvgIpc) is 2.54. The maximum atomic E-state index is 12.7. The van der Waals surface area contributed by atoms with E-state index in [4.69, 9.17) is 4.74 Å². The number of halogens is 1. The molecule has 0 spiro atoms. The number of carbonyl (C=O) groups is 1. The van der Waals surface area contributed by atoms with Crippen LogP contribution in [0.4, 0.5) is 0 Å². The number of ether oxygens (including phenoxy) is 1. The maximum Gasteiger partial charge on any atom is 0.238 e. The third-order valence-electron chi connectivity index (χ3n) is 4.51. The number of piperidine rings is 1. The van der Waals surface area contributed by atoms with Gasteiger partial charge in [0.1, 0.15) is 11.8 Å². The van der Waals surface area contributed by atoms with Gasteiger partial charge in [0.25, 0.3) is 0 Å². The fourth-order valence-corrected chi connectivity index (χ4v) is 4.85. The number of fused-ring (bicyclic) bond motifs is 1. The van der Waals surface area contributed by atoms with Crippen molar-refractivity contribution in [2.45, 2.75) is 37.8 Å². The molecule has 1 aromatic rings. The Labute approximate surface area is 150 Å². The van der Waals surface area contributed by atoms with Crippen molar-refractivity contribution in [1.29, 1.82) is 0 Å². The van der Waals surface area contributed by atoms with Crippen LogP contribution in [-0.4, -0.2) is 44.1 Å². The van der Waals surface area contributed by atoms with E-state index in [1.165, 1.54) is 10.6 Å². The van der Waals surface area contributed by atoms with Crippen LogP contribution < -0.4 is 10.1 Å². The van der Waals surface area contributed by atoms with E-state index in [9.17, 15) is 13.2 Å². The van der Waals surface area contributed by atoms with E-state index < -0.39 is 16.1 Å². The third kappa shape index (κ3) is 3.75. The summed E-state index contributed by atoms with van der Waals surface area (Å²) in [5.41, 5.74) is 0.922. The van der Waals surface area contributed by atoms with Crippen LogP contribution in [0, 0.1) is 0 Å². The number of rotatable bonds is 3. The van der Waals surface area contributed by atoms with Crippen molar-refractivity contribution in [2.75, 3.05) is 19.4 Å². The number of nitrogens with one attached hydrogen (secondary N) is 1. The Hall–Kier alpha value is -1.12. The van der Waals surface area contributed by atoms with Gasteiger partial charge < -0.3 is 10.1 Å². The topological polar surface area (TPSA) is 75.7 Å². The van der Waals surface area contributed by atoms with Crippen molar-refractivity contribution in [1.82, 2.24) is 9.62 Å². The predicted octanol–water partition coefficient (Wildman–Crippen LogP) is 2.20. The molecular weight excluding hydrogens is 396 g/mol. The number of hydrogen-bond acceptors (Lipinski definition) is 4. The van der Waals surface area contributed by atoms with Crippen LogP contribution in [0.5, 0.6) is 5.75 Å². The summed E-state index contributed by atoms with van der Waals surface area (Å²) in [5, 5.41) is 3.03. The molecule has 2 atom stereocenters. The summed E-state index contributed by atoms with van der Waals surface area (Å²) in [5.74, 6) is 0.538. The molecule has 6 nitrogen and oxygen atoms in total. The van der Waals surface area contributed by atoms with Crippen LogP contribution in [0.15, 0.2) is 22.7 Å². The molecule has 1 N–H and O–H groups in total. The molecule has 1 amide bonds. The van der Waals surface area contributed by atoms with Gasteiger partial charge in [-0.15, -0.1) is 0 Å². The summed E-state index contributed by atoms with van der Waals surface area (Å²) in [6.07, 6.45) is 4.05. The molecular formula is C16H21BrN2O4S. The van der Waals surface area contributed by atoms with E-state index >= 15 is 0 Å². The first kappa shape index (κ1) is 17.7. The van der Waals surface area contributed by atoms with E-state index in [0.29, 0.717) is 26.0 Å². The minimum absolute atomic E-state index is 0.165. The number of hydrogen-bond donors (Lipinski definition) is 1. The zero-order valence-corrected chi connectivity index (χ0v) is 15.9. The highest BCUT2D eigenvalue weighted by molar-refractivity contribution is 9.10. The highest BCUT2D eigenvalue weighted by atomic mass is 79.9.